The number of nitrogens with one attached hydrogen (secondary N) is 1. The molecule has 1 aliphatic rings. The van der Waals surface area contributed by atoms with Crippen LogP contribution in [0.4, 0.5) is 5.82 Å². The van der Waals surface area contributed by atoms with E-state index in [-0.39, 0.29) is 0 Å². The van der Waals surface area contributed by atoms with Crippen molar-refractivity contribution >= 4 is 28.4 Å². The Hall–Kier alpha value is -0.430. The molecular weight excluding hydrogens is 339 g/mol. The van der Waals surface area contributed by atoms with Gasteiger partial charge in [-0.05, 0) is 54.4 Å². The van der Waals surface area contributed by atoms with Gasteiger partial charge in [0.2, 0.25) is 0 Å². The highest BCUT2D eigenvalue weighted by Gasteiger charge is 2.13. The molecule has 0 aliphatic carbocycles. The molecule has 1 aromatic heterocycles. The quantitative estimate of drug-likeness (QED) is 0.820. The van der Waals surface area contributed by atoms with Gasteiger partial charge in [-0.25, -0.2) is 9.97 Å². The van der Waals surface area contributed by atoms with Crippen molar-refractivity contribution in [1.29, 1.82) is 0 Å². The summed E-state index contributed by atoms with van der Waals surface area (Å²) in [6.45, 7) is 7.01. The van der Waals surface area contributed by atoms with E-state index in [1.807, 2.05) is 6.20 Å². The molecule has 0 bridgehead atoms. The molecular formula is C13H21IN4. The first-order valence-corrected chi connectivity index (χ1v) is 7.75. The summed E-state index contributed by atoms with van der Waals surface area (Å²) in [5.41, 5.74) is 0. The van der Waals surface area contributed by atoms with E-state index in [9.17, 15) is 0 Å². The van der Waals surface area contributed by atoms with Crippen LogP contribution in [-0.2, 0) is 0 Å². The Balaban J connectivity index is 1.74. The zero-order valence-corrected chi connectivity index (χ0v) is 13.1. The van der Waals surface area contributed by atoms with Crippen LogP contribution in [0.5, 0.6) is 0 Å². The Labute approximate surface area is 123 Å². The second-order valence-electron chi connectivity index (χ2n) is 5.07. The Morgan fingerprint density at radius 1 is 1.39 bits per heavy atom. The topological polar surface area (TPSA) is 41.1 Å². The van der Waals surface area contributed by atoms with E-state index in [1.54, 1.807) is 6.33 Å². The zero-order chi connectivity index (χ0) is 12.8. The lowest BCUT2D eigenvalue weighted by Crippen LogP contribution is -2.35. The van der Waals surface area contributed by atoms with Crippen molar-refractivity contribution in [2.75, 3.05) is 31.5 Å². The lowest BCUT2D eigenvalue weighted by molar-refractivity contribution is 0.204. The van der Waals surface area contributed by atoms with Crippen molar-refractivity contribution in [2.24, 2.45) is 5.92 Å². The molecule has 2 heterocycles. The smallest absolute Gasteiger partial charge is 0.142 e. The first-order valence-electron chi connectivity index (χ1n) is 6.67. The van der Waals surface area contributed by atoms with Gasteiger partial charge in [-0.3, -0.25) is 0 Å². The fourth-order valence-corrected chi connectivity index (χ4v) is 2.85. The average molecular weight is 360 g/mol. The van der Waals surface area contributed by atoms with Gasteiger partial charge in [-0.2, -0.15) is 0 Å². The second kappa shape index (κ2) is 7.23. The Bertz CT molecular complexity index is 366. The van der Waals surface area contributed by atoms with Crippen molar-refractivity contribution in [1.82, 2.24) is 14.9 Å². The van der Waals surface area contributed by atoms with Crippen LogP contribution < -0.4 is 5.32 Å². The van der Waals surface area contributed by atoms with Gasteiger partial charge in [0.15, 0.2) is 0 Å². The molecule has 2 rings (SSSR count). The van der Waals surface area contributed by atoms with E-state index in [2.05, 4.69) is 49.7 Å². The van der Waals surface area contributed by atoms with Crippen molar-refractivity contribution in [3.63, 3.8) is 0 Å². The van der Waals surface area contributed by atoms with Crippen molar-refractivity contribution < 1.29 is 0 Å². The summed E-state index contributed by atoms with van der Waals surface area (Å²) >= 11 is 2.26. The summed E-state index contributed by atoms with van der Waals surface area (Å²) in [5, 5.41) is 3.42. The molecule has 4 nitrogen and oxygen atoms in total. The fraction of sp³-hybridized carbons (Fsp3) is 0.692. The minimum atomic E-state index is 0.647. The minimum Gasteiger partial charge on any atom is -0.369 e. The summed E-state index contributed by atoms with van der Waals surface area (Å²) < 4.78 is 1.08. The molecule has 0 radical (unpaired) electrons. The molecule has 0 spiro atoms. The van der Waals surface area contributed by atoms with E-state index in [0.29, 0.717) is 5.92 Å². The van der Waals surface area contributed by atoms with Gasteiger partial charge in [0.05, 0.1) is 3.57 Å². The van der Waals surface area contributed by atoms with Crippen molar-refractivity contribution in [3.05, 3.63) is 16.1 Å². The van der Waals surface area contributed by atoms with E-state index >= 15 is 0 Å². The van der Waals surface area contributed by atoms with Gasteiger partial charge in [0.25, 0.3) is 0 Å². The van der Waals surface area contributed by atoms with Gasteiger partial charge < -0.3 is 10.2 Å². The van der Waals surface area contributed by atoms with Crippen LogP contribution in [0.25, 0.3) is 0 Å². The highest BCUT2D eigenvalue weighted by Crippen LogP contribution is 2.14. The summed E-state index contributed by atoms with van der Waals surface area (Å²) in [5.74, 6) is 1.60. The molecule has 1 atom stereocenters. The maximum absolute atomic E-state index is 4.25. The number of piperidine rings is 1. The largest absolute Gasteiger partial charge is 0.369 e. The minimum absolute atomic E-state index is 0.647. The predicted molar refractivity (Wildman–Crippen MR) is 82.7 cm³/mol. The number of halogens is 1. The van der Waals surface area contributed by atoms with Crippen LogP contribution in [0.1, 0.15) is 26.2 Å². The number of anilines is 1. The number of hydrogen-bond donors (Lipinski definition) is 1. The van der Waals surface area contributed by atoms with E-state index in [1.165, 1.54) is 38.9 Å². The highest BCUT2D eigenvalue weighted by atomic mass is 127. The lowest BCUT2D eigenvalue weighted by atomic mass is 10.1. The molecule has 0 amide bonds. The summed E-state index contributed by atoms with van der Waals surface area (Å²) in [7, 11) is 0. The second-order valence-corrected chi connectivity index (χ2v) is 6.23. The van der Waals surface area contributed by atoms with Crippen molar-refractivity contribution in [3.8, 4) is 0 Å². The van der Waals surface area contributed by atoms with E-state index in [0.717, 1.165) is 15.9 Å². The molecule has 1 aliphatic heterocycles. The monoisotopic (exact) mass is 360 g/mol. The summed E-state index contributed by atoms with van der Waals surface area (Å²) in [4.78, 5) is 10.8. The Morgan fingerprint density at radius 3 is 2.89 bits per heavy atom. The average Bonchev–Trinajstić information content (AvgIpc) is 2.39. The SMILES string of the molecule is CC(CNc1ncncc1I)CN1CCCCC1. The number of nitrogens with zero attached hydrogens (tertiary/aromatic N) is 3. The maximum atomic E-state index is 4.25. The fourth-order valence-electron chi connectivity index (χ4n) is 2.36. The standard InChI is InChI=1S/C13H21IN4/c1-11(9-18-5-3-2-4-6-18)7-16-13-12(14)8-15-10-17-13/h8,10-11H,2-7,9H2,1H3,(H,15,16,17). The first-order chi connectivity index (χ1) is 8.75. The molecule has 1 saturated heterocycles. The normalized spacial score (nSPS) is 18.6. The number of rotatable bonds is 5. The summed E-state index contributed by atoms with van der Waals surface area (Å²) in [6.07, 6.45) is 7.57. The molecule has 0 saturated carbocycles. The third-order valence-electron chi connectivity index (χ3n) is 3.30. The van der Waals surface area contributed by atoms with Crippen LogP contribution in [0, 0.1) is 9.49 Å². The zero-order valence-electron chi connectivity index (χ0n) is 10.9. The number of likely N-dealkylation sites (tertiary alicyclic amines) is 1. The third kappa shape index (κ3) is 4.35. The number of hydrogen-bond acceptors (Lipinski definition) is 4. The summed E-state index contributed by atoms with van der Waals surface area (Å²) in [6, 6.07) is 0. The van der Waals surface area contributed by atoms with Crippen LogP contribution in [-0.4, -0.2) is 41.0 Å². The van der Waals surface area contributed by atoms with E-state index in [4.69, 9.17) is 0 Å². The molecule has 1 unspecified atom stereocenters. The molecule has 0 aromatic carbocycles. The first kappa shape index (κ1) is 14.0. The van der Waals surface area contributed by atoms with Crippen LogP contribution in [0.3, 0.4) is 0 Å². The Morgan fingerprint density at radius 2 is 2.17 bits per heavy atom. The van der Waals surface area contributed by atoms with Crippen LogP contribution in [0.15, 0.2) is 12.5 Å². The van der Waals surface area contributed by atoms with Gasteiger partial charge in [0, 0.05) is 19.3 Å². The third-order valence-corrected chi connectivity index (χ3v) is 4.09. The number of aromatic nitrogens is 2. The molecule has 5 heteroatoms. The molecule has 1 aromatic rings. The van der Waals surface area contributed by atoms with Crippen LogP contribution in [0.2, 0.25) is 0 Å². The van der Waals surface area contributed by atoms with Gasteiger partial charge >= 0.3 is 0 Å². The van der Waals surface area contributed by atoms with Crippen molar-refractivity contribution in [2.45, 2.75) is 26.2 Å². The highest BCUT2D eigenvalue weighted by molar-refractivity contribution is 14.1. The van der Waals surface area contributed by atoms with E-state index < -0.39 is 0 Å². The molecule has 100 valence electrons. The van der Waals surface area contributed by atoms with Crippen LogP contribution >= 0.6 is 22.6 Å². The van der Waals surface area contributed by atoms with Gasteiger partial charge in [0.1, 0.15) is 12.1 Å². The molecule has 1 N–H and O–H groups in total. The maximum Gasteiger partial charge on any atom is 0.142 e. The predicted octanol–water partition coefficient (Wildman–Crippen LogP) is 2.62. The molecule has 18 heavy (non-hydrogen) atoms. The van der Waals surface area contributed by atoms with Gasteiger partial charge in [-0.15, -0.1) is 0 Å². The van der Waals surface area contributed by atoms with Gasteiger partial charge in [-0.1, -0.05) is 13.3 Å². The Kier molecular flexibility index (Phi) is 5.62. The molecule has 1 fully saturated rings. The lowest BCUT2D eigenvalue weighted by Gasteiger charge is -2.29.